The van der Waals surface area contributed by atoms with E-state index in [9.17, 15) is 8.42 Å². The summed E-state index contributed by atoms with van der Waals surface area (Å²) in [5, 5.41) is 8.95. The Bertz CT molecular complexity index is 305. The van der Waals surface area contributed by atoms with Gasteiger partial charge in [0.1, 0.15) is 0 Å². The van der Waals surface area contributed by atoms with Crippen LogP contribution < -0.4 is 4.72 Å². The first-order chi connectivity index (χ1) is 8.11. The highest BCUT2D eigenvalue weighted by atomic mass is 32.2. The van der Waals surface area contributed by atoms with Crippen molar-refractivity contribution < 1.29 is 18.3 Å². The quantitative estimate of drug-likeness (QED) is 0.620. The van der Waals surface area contributed by atoms with E-state index in [-0.39, 0.29) is 19.2 Å². The number of nitrogens with zero attached hydrogens (tertiary/aromatic N) is 1. The maximum atomic E-state index is 12.0. The second-order valence-electron chi connectivity index (χ2n) is 4.16. The summed E-state index contributed by atoms with van der Waals surface area (Å²) in [5.41, 5.74) is 0. The number of nitrogens with one attached hydrogen (secondary N) is 1. The van der Waals surface area contributed by atoms with Crippen molar-refractivity contribution in [1.82, 2.24) is 9.03 Å². The van der Waals surface area contributed by atoms with E-state index in [0.29, 0.717) is 19.6 Å². The molecule has 102 valence electrons. The van der Waals surface area contributed by atoms with Crippen molar-refractivity contribution in [2.24, 2.45) is 0 Å². The molecule has 0 saturated carbocycles. The molecule has 0 aromatic carbocycles. The van der Waals surface area contributed by atoms with Crippen LogP contribution in [-0.2, 0) is 14.9 Å². The van der Waals surface area contributed by atoms with Gasteiger partial charge in [-0.05, 0) is 19.3 Å². The van der Waals surface area contributed by atoms with E-state index in [0.717, 1.165) is 19.3 Å². The number of aliphatic hydroxyl groups is 1. The third-order valence-corrected chi connectivity index (χ3v) is 4.60. The smallest absolute Gasteiger partial charge is 0.279 e. The van der Waals surface area contributed by atoms with Gasteiger partial charge in [-0.15, -0.1) is 0 Å². The van der Waals surface area contributed by atoms with Crippen molar-refractivity contribution in [2.45, 2.75) is 31.7 Å². The van der Waals surface area contributed by atoms with E-state index in [1.807, 2.05) is 0 Å². The molecular formula is C10H22N2O4S. The van der Waals surface area contributed by atoms with Crippen molar-refractivity contribution >= 4 is 10.2 Å². The lowest BCUT2D eigenvalue weighted by molar-refractivity contribution is 0.186. The summed E-state index contributed by atoms with van der Waals surface area (Å²) in [6.45, 7) is 1.20. The molecule has 17 heavy (non-hydrogen) atoms. The highest BCUT2D eigenvalue weighted by Crippen LogP contribution is 2.21. The number of rotatable bonds is 7. The number of ether oxygens (including phenoxy) is 1. The zero-order chi connectivity index (χ0) is 12.7. The van der Waals surface area contributed by atoms with Gasteiger partial charge in [-0.1, -0.05) is 6.42 Å². The molecule has 0 aromatic heterocycles. The van der Waals surface area contributed by atoms with Gasteiger partial charge in [-0.3, -0.25) is 0 Å². The minimum atomic E-state index is -3.43. The monoisotopic (exact) mass is 266 g/mol. The predicted octanol–water partition coefficient (Wildman–Crippen LogP) is -0.296. The number of aliphatic hydroxyl groups excluding tert-OH is 1. The average Bonchev–Trinajstić information content (AvgIpc) is 2.30. The third kappa shape index (κ3) is 4.51. The molecule has 6 nitrogen and oxygen atoms in total. The molecule has 0 aromatic rings. The van der Waals surface area contributed by atoms with E-state index in [2.05, 4.69) is 4.72 Å². The Morgan fingerprint density at radius 2 is 2.24 bits per heavy atom. The molecule has 1 unspecified atom stereocenters. The third-order valence-electron chi connectivity index (χ3n) is 2.93. The molecule has 1 saturated heterocycles. The van der Waals surface area contributed by atoms with Crippen LogP contribution in [0.3, 0.4) is 0 Å². The molecule has 0 aliphatic carbocycles. The van der Waals surface area contributed by atoms with Crippen LogP contribution in [0, 0.1) is 0 Å². The molecule has 1 rings (SSSR count). The molecule has 0 amide bonds. The Kier molecular flexibility index (Phi) is 6.35. The zero-order valence-corrected chi connectivity index (χ0v) is 11.1. The number of hydrogen-bond acceptors (Lipinski definition) is 4. The topological polar surface area (TPSA) is 78.9 Å². The lowest BCUT2D eigenvalue weighted by Gasteiger charge is -2.34. The molecule has 0 radical (unpaired) electrons. The fourth-order valence-corrected chi connectivity index (χ4v) is 3.56. The summed E-state index contributed by atoms with van der Waals surface area (Å²) in [4.78, 5) is 0. The van der Waals surface area contributed by atoms with Gasteiger partial charge in [-0.2, -0.15) is 17.4 Å². The predicted molar refractivity (Wildman–Crippen MR) is 64.8 cm³/mol. The Morgan fingerprint density at radius 1 is 1.47 bits per heavy atom. The second-order valence-corrected chi connectivity index (χ2v) is 5.87. The minimum absolute atomic E-state index is 0.0226. The van der Waals surface area contributed by atoms with Gasteiger partial charge in [0.2, 0.25) is 0 Å². The van der Waals surface area contributed by atoms with Crippen LogP contribution in [0.4, 0.5) is 0 Å². The Labute approximate surface area is 103 Å². The maximum Gasteiger partial charge on any atom is 0.279 e. The normalized spacial score (nSPS) is 22.8. The Balaban J connectivity index is 2.59. The SMILES string of the molecule is COCCNS(=O)(=O)N1CCCCC1CCO. The summed E-state index contributed by atoms with van der Waals surface area (Å²) in [6, 6.07) is -0.0752. The summed E-state index contributed by atoms with van der Waals surface area (Å²) in [5.74, 6) is 0. The van der Waals surface area contributed by atoms with Gasteiger partial charge < -0.3 is 9.84 Å². The van der Waals surface area contributed by atoms with Crippen molar-refractivity contribution in [1.29, 1.82) is 0 Å². The van der Waals surface area contributed by atoms with Crippen LogP contribution in [-0.4, -0.2) is 57.3 Å². The molecule has 7 heteroatoms. The molecule has 1 atom stereocenters. The lowest BCUT2D eigenvalue weighted by atomic mass is 10.0. The molecule has 1 aliphatic rings. The minimum Gasteiger partial charge on any atom is -0.396 e. The fraction of sp³-hybridized carbons (Fsp3) is 1.00. The van der Waals surface area contributed by atoms with E-state index in [1.165, 1.54) is 11.4 Å². The van der Waals surface area contributed by atoms with Crippen molar-refractivity contribution in [3.8, 4) is 0 Å². The van der Waals surface area contributed by atoms with Gasteiger partial charge in [0, 0.05) is 32.8 Å². The van der Waals surface area contributed by atoms with Crippen LogP contribution in [0.15, 0.2) is 0 Å². The zero-order valence-electron chi connectivity index (χ0n) is 10.3. The number of piperidine rings is 1. The lowest BCUT2D eigenvalue weighted by Crippen LogP contribution is -2.49. The molecule has 0 bridgehead atoms. The molecule has 0 spiro atoms. The van der Waals surface area contributed by atoms with Gasteiger partial charge in [0.15, 0.2) is 0 Å². The van der Waals surface area contributed by atoms with Gasteiger partial charge >= 0.3 is 0 Å². The first kappa shape index (κ1) is 14.8. The van der Waals surface area contributed by atoms with Gasteiger partial charge in [0.25, 0.3) is 10.2 Å². The van der Waals surface area contributed by atoms with Crippen LogP contribution in [0.2, 0.25) is 0 Å². The second kappa shape index (κ2) is 7.27. The van der Waals surface area contributed by atoms with Crippen molar-refractivity contribution in [2.75, 3.05) is 33.4 Å². The van der Waals surface area contributed by atoms with Crippen molar-refractivity contribution in [3.05, 3.63) is 0 Å². The highest BCUT2D eigenvalue weighted by Gasteiger charge is 2.31. The molecular weight excluding hydrogens is 244 g/mol. The van der Waals surface area contributed by atoms with Crippen molar-refractivity contribution in [3.63, 3.8) is 0 Å². The molecule has 1 aliphatic heterocycles. The van der Waals surface area contributed by atoms with Gasteiger partial charge in [0.05, 0.1) is 6.61 Å². The Hall–Kier alpha value is -0.210. The van der Waals surface area contributed by atoms with Crippen LogP contribution in [0.1, 0.15) is 25.7 Å². The Morgan fingerprint density at radius 3 is 2.88 bits per heavy atom. The summed E-state index contributed by atoms with van der Waals surface area (Å²) in [6.07, 6.45) is 3.23. The van der Waals surface area contributed by atoms with Gasteiger partial charge in [-0.25, -0.2) is 0 Å². The molecule has 2 N–H and O–H groups in total. The maximum absolute atomic E-state index is 12.0. The summed E-state index contributed by atoms with van der Waals surface area (Å²) in [7, 11) is -1.90. The number of hydrogen-bond donors (Lipinski definition) is 2. The van der Waals surface area contributed by atoms with E-state index < -0.39 is 10.2 Å². The van der Waals surface area contributed by atoms with E-state index in [1.54, 1.807) is 0 Å². The largest absolute Gasteiger partial charge is 0.396 e. The summed E-state index contributed by atoms with van der Waals surface area (Å²) < 4.78 is 32.8. The molecule has 1 heterocycles. The first-order valence-corrected chi connectivity index (χ1v) is 7.42. The number of methoxy groups -OCH3 is 1. The van der Waals surface area contributed by atoms with E-state index in [4.69, 9.17) is 9.84 Å². The fourth-order valence-electron chi connectivity index (χ4n) is 2.08. The summed E-state index contributed by atoms with van der Waals surface area (Å²) >= 11 is 0. The standard InChI is InChI=1S/C10H22N2O4S/c1-16-9-6-11-17(14,15)12-7-3-2-4-10(12)5-8-13/h10-11,13H,2-9H2,1H3. The molecule has 1 fully saturated rings. The van der Waals surface area contributed by atoms with Crippen LogP contribution in [0.25, 0.3) is 0 Å². The first-order valence-electron chi connectivity index (χ1n) is 5.98. The average molecular weight is 266 g/mol. The highest BCUT2D eigenvalue weighted by molar-refractivity contribution is 7.87. The van der Waals surface area contributed by atoms with Crippen LogP contribution >= 0.6 is 0 Å². The van der Waals surface area contributed by atoms with Crippen LogP contribution in [0.5, 0.6) is 0 Å². The van der Waals surface area contributed by atoms with E-state index >= 15 is 0 Å².